The first-order valence-corrected chi connectivity index (χ1v) is 9.07. The van der Waals surface area contributed by atoms with Gasteiger partial charge in [-0.1, -0.05) is 42.5 Å². The molecule has 3 heterocycles. The molecule has 2 aromatic heterocycles. The largest absolute Gasteiger partial charge is 0.294 e. The molecule has 0 spiro atoms. The monoisotopic (exact) mass is 336 g/mol. The number of hydrogen-bond acceptors (Lipinski definition) is 1. The number of benzene rings is 2. The number of imidazole rings is 1. The van der Waals surface area contributed by atoms with Gasteiger partial charge in [0.2, 0.25) is 0 Å². The Labute approximate surface area is 152 Å². The minimum Gasteiger partial charge on any atom is -0.257 e. The molecule has 0 saturated carbocycles. The molecule has 0 unspecified atom stereocenters. The Morgan fingerprint density at radius 2 is 1.69 bits per heavy atom. The summed E-state index contributed by atoms with van der Waals surface area (Å²) in [7, 11) is 0. The van der Waals surface area contributed by atoms with E-state index in [0.717, 1.165) is 18.7 Å². The van der Waals surface area contributed by atoms with Crippen molar-refractivity contribution in [3.05, 3.63) is 89.5 Å². The number of aryl methyl sites for hydroxylation is 1. The number of aromatic nitrogens is 3. The van der Waals surface area contributed by atoms with Crippen LogP contribution in [-0.2, 0) is 13.0 Å². The zero-order valence-electron chi connectivity index (χ0n) is 14.6. The van der Waals surface area contributed by atoms with E-state index in [1.807, 2.05) is 0 Å². The number of nitrogens with zero attached hydrogens (tertiary/aromatic N) is 3. The molecule has 4 aromatic rings. The molecule has 0 amide bonds. The van der Waals surface area contributed by atoms with Crippen LogP contribution in [0.15, 0.2) is 67.1 Å². The van der Waals surface area contributed by atoms with Crippen molar-refractivity contribution >= 4 is 0 Å². The molecule has 124 valence electrons. The zero-order chi connectivity index (χ0) is 17.3. The van der Waals surface area contributed by atoms with E-state index in [-0.39, 0.29) is 0 Å². The first-order chi connectivity index (χ1) is 12.8. The lowest BCUT2D eigenvalue weighted by Crippen LogP contribution is -2.30. The van der Waals surface area contributed by atoms with E-state index in [2.05, 4.69) is 83.2 Å². The second-order valence-electron chi connectivity index (χ2n) is 7.20. The lowest BCUT2D eigenvalue weighted by atomic mass is 10.0. The SMILES string of the molecule is Cc1ncc2c(c1-n1cc[n+]3c1-c1ccccc1C3)-c1ccccc1C2. The topological polar surface area (TPSA) is 21.7 Å². The van der Waals surface area contributed by atoms with Crippen molar-refractivity contribution in [2.24, 2.45) is 0 Å². The van der Waals surface area contributed by atoms with Gasteiger partial charge < -0.3 is 0 Å². The fourth-order valence-corrected chi connectivity index (χ4v) is 4.57. The van der Waals surface area contributed by atoms with E-state index in [0.29, 0.717) is 0 Å². The molecule has 3 nitrogen and oxygen atoms in total. The summed E-state index contributed by atoms with van der Waals surface area (Å²) < 4.78 is 4.68. The Morgan fingerprint density at radius 1 is 0.923 bits per heavy atom. The molecule has 6 rings (SSSR count). The van der Waals surface area contributed by atoms with Crippen molar-refractivity contribution < 1.29 is 4.57 Å². The third-order valence-corrected chi connectivity index (χ3v) is 5.72. The lowest BCUT2D eigenvalue weighted by Gasteiger charge is -2.10. The minimum atomic E-state index is 0.941. The van der Waals surface area contributed by atoms with Gasteiger partial charge in [0, 0.05) is 23.7 Å². The molecule has 0 N–H and O–H groups in total. The summed E-state index contributed by atoms with van der Waals surface area (Å²) in [6.07, 6.45) is 7.41. The van der Waals surface area contributed by atoms with E-state index in [1.54, 1.807) is 0 Å². The Balaban J connectivity index is 1.67. The fourth-order valence-electron chi connectivity index (χ4n) is 4.57. The van der Waals surface area contributed by atoms with Crippen LogP contribution in [0, 0.1) is 6.92 Å². The molecule has 2 aromatic carbocycles. The predicted octanol–water partition coefficient (Wildman–Crippen LogP) is 4.07. The van der Waals surface area contributed by atoms with E-state index < -0.39 is 0 Å². The van der Waals surface area contributed by atoms with Crippen molar-refractivity contribution in [3.63, 3.8) is 0 Å². The van der Waals surface area contributed by atoms with Crippen LogP contribution >= 0.6 is 0 Å². The highest BCUT2D eigenvalue weighted by atomic mass is 15.2. The normalized spacial score (nSPS) is 13.3. The van der Waals surface area contributed by atoms with Gasteiger partial charge in [-0.2, -0.15) is 4.57 Å². The molecule has 2 aliphatic rings. The highest BCUT2D eigenvalue weighted by molar-refractivity contribution is 5.84. The molecular formula is C23H18N3+. The van der Waals surface area contributed by atoms with Crippen LogP contribution in [0.3, 0.4) is 0 Å². The molecule has 1 aliphatic carbocycles. The number of pyridine rings is 1. The quantitative estimate of drug-likeness (QED) is 0.415. The molecule has 1 aliphatic heterocycles. The predicted molar refractivity (Wildman–Crippen MR) is 101 cm³/mol. The van der Waals surface area contributed by atoms with Gasteiger partial charge in [0.05, 0.1) is 11.3 Å². The third-order valence-electron chi connectivity index (χ3n) is 5.72. The Hall–Kier alpha value is -3.20. The zero-order valence-corrected chi connectivity index (χ0v) is 14.6. The maximum absolute atomic E-state index is 4.74. The summed E-state index contributed by atoms with van der Waals surface area (Å²) in [6.45, 7) is 3.06. The van der Waals surface area contributed by atoms with Gasteiger partial charge >= 0.3 is 0 Å². The van der Waals surface area contributed by atoms with Crippen LogP contribution in [-0.4, -0.2) is 9.55 Å². The Morgan fingerprint density at radius 3 is 2.58 bits per heavy atom. The summed E-state index contributed by atoms with van der Waals surface area (Å²) in [5, 5.41) is 0. The van der Waals surface area contributed by atoms with Gasteiger partial charge in [-0.25, -0.2) is 4.57 Å². The third kappa shape index (κ3) is 1.72. The molecular weight excluding hydrogens is 318 g/mol. The van der Waals surface area contributed by atoms with Crippen molar-refractivity contribution in [1.82, 2.24) is 9.55 Å². The Kier molecular flexibility index (Phi) is 2.65. The standard InChI is InChI=1S/C23H18N3/c1-15-22(21-18(13-24-15)12-16-6-2-4-8-19(16)21)26-11-10-25-14-17-7-3-5-9-20(17)23(25)26/h2-11,13H,12,14H2,1H3/q+1. The van der Waals surface area contributed by atoms with Gasteiger partial charge in [-0.15, -0.1) is 0 Å². The second-order valence-corrected chi connectivity index (χ2v) is 7.20. The molecule has 26 heavy (non-hydrogen) atoms. The van der Waals surface area contributed by atoms with E-state index in [1.165, 1.54) is 44.9 Å². The summed E-state index contributed by atoms with van der Waals surface area (Å²) in [5.41, 5.74) is 10.4. The lowest BCUT2D eigenvalue weighted by molar-refractivity contribution is -0.671. The van der Waals surface area contributed by atoms with E-state index in [4.69, 9.17) is 4.98 Å². The maximum atomic E-state index is 4.74. The highest BCUT2D eigenvalue weighted by Crippen LogP contribution is 2.42. The van der Waals surface area contributed by atoms with Crippen LogP contribution in [0.5, 0.6) is 0 Å². The van der Waals surface area contributed by atoms with Gasteiger partial charge in [0.15, 0.2) is 5.69 Å². The van der Waals surface area contributed by atoms with Crippen LogP contribution in [0.25, 0.3) is 28.2 Å². The highest BCUT2D eigenvalue weighted by Gasteiger charge is 2.34. The Bertz CT molecular complexity index is 1200. The molecule has 0 radical (unpaired) electrons. The summed E-state index contributed by atoms with van der Waals surface area (Å²) >= 11 is 0. The molecule has 0 saturated heterocycles. The average Bonchev–Trinajstić information content (AvgIpc) is 3.33. The average molecular weight is 336 g/mol. The second kappa shape index (κ2) is 4.92. The molecule has 0 atom stereocenters. The maximum Gasteiger partial charge on any atom is 0.294 e. The number of fused-ring (bicyclic) bond motifs is 6. The van der Waals surface area contributed by atoms with Gasteiger partial charge in [-0.3, -0.25) is 4.98 Å². The van der Waals surface area contributed by atoms with Crippen molar-refractivity contribution in [1.29, 1.82) is 0 Å². The van der Waals surface area contributed by atoms with Crippen LogP contribution in [0.4, 0.5) is 0 Å². The first kappa shape index (κ1) is 14.0. The summed E-state index contributed by atoms with van der Waals surface area (Å²) in [5.74, 6) is 1.25. The van der Waals surface area contributed by atoms with Crippen LogP contribution < -0.4 is 4.57 Å². The molecule has 0 bridgehead atoms. The van der Waals surface area contributed by atoms with E-state index in [9.17, 15) is 0 Å². The number of rotatable bonds is 1. The minimum absolute atomic E-state index is 0.941. The van der Waals surface area contributed by atoms with Crippen molar-refractivity contribution in [2.75, 3.05) is 0 Å². The molecule has 0 fully saturated rings. The molecule has 3 heteroatoms. The first-order valence-electron chi connectivity index (χ1n) is 9.07. The summed E-state index contributed by atoms with van der Waals surface area (Å²) in [4.78, 5) is 4.74. The fraction of sp³-hybridized carbons (Fsp3) is 0.130. The smallest absolute Gasteiger partial charge is 0.257 e. The summed E-state index contributed by atoms with van der Waals surface area (Å²) in [6, 6.07) is 17.4. The van der Waals surface area contributed by atoms with Crippen molar-refractivity contribution in [3.8, 4) is 28.2 Å². The van der Waals surface area contributed by atoms with Crippen molar-refractivity contribution in [2.45, 2.75) is 19.9 Å². The number of hydrogen-bond donors (Lipinski definition) is 0. The van der Waals surface area contributed by atoms with Gasteiger partial charge in [0.25, 0.3) is 5.82 Å². The van der Waals surface area contributed by atoms with Gasteiger partial charge in [-0.05, 0) is 29.7 Å². The van der Waals surface area contributed by atoms with Crippen LogP contribution in [0.1, 0.15) is 22.4 Å². The van der Waals surface area contributed by atoms with Crippen LogP contribution in [0.2, 0.25) is 0 Å². The van der Waals surface area contributed by atoms with E-state index >= 15 is 0 Å². The van der Waals surface area contributed by atoms with Gasteiger partial charge in [0.1, 0.15) is 18.9 Å².